The van der Waals surface area contributed by atoms with Crippen molar-refractivity contribution in [1.82, 2.24) is 15.5 Å². The van der Waals surface area contributed by atoms with Crippen LogP contribution in [0.2, 0.25) is 0 Å². The van der Waals surface area contributed by atoms with E-state index in [2.05, 4.69) is 41.2 Å². The smallest absolute Gasteiger partial charge is 0.318 e. The molecule has 1 fully saturated rings. The van der Waals surface area contributed by atoms with Crippen LogP contribution < -0.4 is 10.2 Å². The zero-order valence-electron chi connectivity index (χ0n) is 11.4. The molecule has 0 aromatic carbocycles. The summed E-state index contributed by atoms with van der Waals surface area (Å²) in [6.45, 7) is 10.1. The highest BCUT2D eigenvalue weighted by molar-refractivity contribution is 5.26. The second-order valence-electron chi connectivity index (χ2n) is 5.18. The Bertz CT molecular complexity index is 378. The Kier molecular flexibility index (Phi) is 4.19. The summed E-state index contributed by atoms with van der Waals surface area (Å²) < 4.78 is 11.3. The highest BCUT2D eigenvalue weighted by atomic mass is 16.5. The van der Waals surface area contributed by atoms with E-state index >= 15 is 0 Å². The number of nitrogens with zero attached hydrogens (tertiary/aromatic N) is 3. The predicted octanol–water partition coefficient (Wildman–Crippen LogP) is 1.18. The SMILES string of the molecule is CCCNCc1nnc(N2CCOC(C)(C)C2)o1. The van der Waals surface area contributed by atoms with Gasteiger partial charge in [-0.3, -0.25) is 0 Å². The van der Waals surface area contributed by atoms with Crippen LogP contribution in [0.15, 0.2) is 4.42 Å². The lowest BCUT2D eigenvalue weighted by molar-refractivity contribution is -0.0290. The highest BCUT2D eigenvalue weighted by Gasteiger charge is 2.29. The Hall–Kier alpha value is -1.14. The summed E-state index contributed by atoms with van der Waals surface area (Å²) in [5, 5.41) is 11.4. The van der Waals surface area contributed by atoms with Gasteiger partial charge in [0.2, 0.25) is 5.89 Å². The van der Waals surface area contributed by atoms with Crippen molar-refractivity contribution in [2.24, 2.45) is 0 Å². The number of morpholine rings is 1. The van der Waals surface area contributed by atoms with Gasteiger partial charge in [-0.25, -0.2) is 0 Å². The molecular weight excluding hydrogens is 232 g/mol. The molecule has 2 rings (SSSR count). The normalized spacial score (nSPS) is 19.2. The fraction of sp³-hybridized carbons (Fsp3) is 0.833. The maximum absolute atomic E-state index is 5.66. The molecule has 0 atom stereocenters. The van der Waals surface area contributed by atoms with E-state index in [1.807, 2.05) is 0 Å². The van der Waals surface area contributed by atoms with Crippen molar-refractivity contribution >= 4 is 6.01 Å². The molecule has 102 valence electrons. The summed E-state index contributed by atoms with van der Waals surface area (Å²) in [6, 6.07) is 0.597. The summed E-state index contributed by atoms with van der Waals surface area (Å²) in [6.07, 6.45) is 1.10. The van der Waals surface area contributed by atoms with E-state index < -0.39 is 0 Å². The number of nitrogens with one attached hydrogen (secondary N) is 1. The third-order valence-corrected chi connectivity index (χ3v) is 2.86. The third-order valence-electron chi connectivity index (χ3n) is 2.86. The van der Waals surface area contributed by atoms with E-state index in [0.717, 1.165) is 26.1 Å². The predicted molar refractivity (Wildman–Crippen MR) is 68.5 cm³/mol. The first kappa shape index (κ1) is 13.3. The lowest BCUT2D eigenvalue weighted by Crippen LogP contribution is -2.48. The maximum Gasteiger partial charge on any atom is 0.318 e. The number of anilines is 1. The first-order valence-corrected chi connectivity index (χ1v) is 6.53. The van der Waals surface area contributed by atoms with E-state index in [9.17, 15) is 0 Å². The lowest BCUT2D eigenvalue weighted by Gasteiger charge is -2.36. The first-order chi connectivity index (χ1) is 8.61. The fourth-order valence-corrected chi connectivity index (χ4v) is 2.00. The molecular formula is C12H22N4O2. The quantitative estimate of drug-likeness (QED) is 0.796. The fourth-order valence-electron chi connectivity index (χ4n) is 2.00. The number of hydrogen-bond acceptors (Lipinski definition) is 6. The Labute approximate surface area is 108 Å². The molecule has 1 saturated heterocycles. The van der Waals surface area contributed by atoms with Crippen molar-refractivity contribution in [3.8, 4) is 0 Å². The van der Waals surface area contributed by atoms with Gasteiger partial charge in [-0.15, -0.1) is 5.10 Å². The van der Waals surface area contributed by atoms with Crippen LogP contribution in [0.4, 0.5) is 6.01 Å². The van der Waals surface area contributed by atoms with Crippen LogP contribution in [0, 0.1) is 0 Å². The van der Waals surface area contributed by atoms with Gasteiger partial charge in [0.1, 0.15) is 0 Å². The minimum atomic E-state index is -0.159. The van der Waals surface area contributed by atoms with Crippen LogP contribution in [-0.4, -0.2) is 42.0 Å². The topological polar surface area (TPSA) is 63.4 Å². The monoisotopic (exact) mass is 254 g/mol. The molecule has 1 N–H and O–H groups in total. The van der Waals surface area contributed by atoms with E-state index in [1.54, 1.807) is 0 Å². The van der Waals surface area contributed by atoms with Gasteiger partial charge in [0.25, 0.3) is 0 Å². The lowest BCUT2D eigenvalue weighted by atomic mass is 10.1. The van der Waals surface area contributed by atoms with Crippen molar-refractivity contribution in [1.29, 1.82) is 0 Å². The van der Waals surface area contributed by atoms with Crippen molar-refractivity contribution in [2.45, 2.75) is 39.3 Å². The van der Waals surface area contributed by atoms with Gasteiger partial charge in [0.15, 0.2) is 0 Å². The van der Waals surface area contributed by atoms with Gasteiger partial charge in [0, 0.05) is 6.54 Å². The molecule has 1 aromatic rings. The summed E-state index contributed by atoms with van der Waals surface area (Å²) in [4.78, 5) is 2.08. The molecule has 0 aliphatic carbocycles. The Morgan fingerprint density at radius 1 is 1.39 bits per heavy atom. The van der Waals surface area contributed by atoms with Crippen molar-refractivity contribution < 1.29 is 9.15 Å². The average molecular weight is 254 g/mol. The Morgan fingerprint density at radius 3 is 2.94 bits per heavy atom. The molecule has 0 unspecified atom stereocenters. The van der Waals surface area contributed by atoms with Gasteiger partial charge in [-0.2, -0.15) is 0 Å². The van der Waals surface area contributed by atoms with Gasteiger partial charge < -0.3 is 19.4 Å². The van der Waals surface area contributed by atoms with Crippen LogP contribution in [-0.2, 0) is 11.3 Å². The minimum absolute atomic E-state index is 0.159. The molecule has 0 saturated carbocycles. The van der Waals surface area contributed by atoms with E-state index in [1.165, 1.54) is 0 Å². The van der Waals surface area contributed by atoms with Crippen LogP contribution in [0.1, 0.15) is 33.1 Å². The number of ether oxygens (including phenoxy) is 1. The number of aromatic nitrogens is 2. The Balaban J connectivity index is 1.92. The molecule has 6 heteroatoms. The van der Waals surface area contributed by atoms with Crippen LogP contribution in [0.25, 0.3) is 0 Å². The highest BCUT2D eigenvalue weighted by Crippen LogP contribution is 2.21. The van der Waals surface area contributed by atoms with Crippen LogP contribution in [0.3, 0.4) is 0 Å². The third kappa shape index (κ3) is 3.43. The first-order valence-electron chi connectivity index (χ1n) is 6.53. The zero-order valence-corrected chi connectivity index (χ0v) is 11.4. The molecule has 1 aliphatic rings. The molecule has 0 amide bonds. The number of hydrogen-bond donors (Lipinski definition) is 1. The molecule has 2 heterocycles. The van der Waals surface area contributed by atoms with Crippen molar-refractivity contribution in [2.75, 3.05) is 31.1 Å². The summed E-state index contributed by atoms with van der Waals surface area (Å²) in [5.74, 6) is 0.641. The maximum atomic E-state index is 5.66. The van der Waals surface area contributed by atoms with Crippen LogP contribution in [0.5, 0.6) is 0 Å². The average Bonchev–Trinajstić information content (AvgIpc) is 2.77. The minimum Gasteiger partial charge on any atom is -0.407 e. The molecule has 0 bridgehead atoms. The number of rotatable bonds is 5. The molecule has 18 heavy (non-hydrogen) atoms. The van der Waals surface area contributed by atoms with Gasteiger partial charge >= 0.3 is 6.01 Å². The second kappa shape index (κ2) is 5.67. The summed E-state index contributed by atoms with van der Waals surface area (Å²) in [7, 11) is 0. The van der Waals surface area contributed by atoms with Crippen molar-refractivity contribution in [3.63, 3.8) is 0 Å². The second-order valence-corrected chi connectivity index (χ2v) is 5.18. The molecule has 0 spiro atoms. The van der Waals surface area contributed by atoms with E-state index in [4.69, 9.17) is 9.15 Å². The molecule has 6 nitrogen and oxygen atoms in total. The van der Waals surface area contributed by atoms with Gasteiger partial charge in [-0.05, 0) is 26.8 Å². The van der Waals surface area contributed by atoms with Gasteiger partial charge in [0.05, 0.1) is 25.3 Å². The van der Waals surface area contributed by atoms with Crippen molar-refractivity contribution in [3.05, 3.63) is 5.89 Å². The summed E-state index contributed by atoms with van der Waals surface area (Å²) >= 11 is 0. The van der Waals surface area contributed by atoms with Gasteiger partial charge in [-0.1, -0.05) is 12.0 Å². The van der Waals surface area contributed by atoms with E-state index in [0.29, 0.717) is 25.1 Å². The molecule has 1 aromatic heterocycles. The molecule has 1 aliphatic heterocycles. The zero-order chi connectivity index (χ0) is 13.0. The Morgan fingerprint density at radius 2 is 2.22 bits per heavy atom. The van der Waals surface area contributed by atoms with E-state index in [-0.39, 0.29) is 5.60 Å². The summed E-state index contributed by atoms with van der Waals surface area (Å²) in [5.41, 5.74) is -0.159. The largest absolute Gasteiger partial charge is 0.407 e. The standard InChI is InChI=1S/C12H22N4O2/c1-4-5-13-8-10-14-15-11(18-10)16-6-7-17-12(2,3)9-16/h13H,4-9H2,1-3H3. The van der Waals surface area contributed by atoms with Crippen LogP contribution >= 0.6 is 0 Å². The molecule has 0 radical (unpaired) electrons.